The van der Waals surface area contributed by atoms with E-state index < -0.39 is 0 Å². The van der Waals surface area contributed by atoms with E-state index in [2.05, 4.69) is 6.92 Å². The zero-order chi connectivity index (χ0) is 11.3. The first-order chi connectivity index (χ1) is 6.89. The van der Waals surface area contributed by atoms with Gasteiger partial charge in [-0.25, -0.2) is 0 Å². The van der Waals surface area contributed by atoms with Gasteiger partial charge in [0.25, 0.3) is 0 Å². The maximum atomic E-state index is 12.1. The van der Waals surface area contributed by atoms with Crippen molar-refractivity contribution in [3.63, 3.8) is 0 Å². The molecule has 2 aliphatic rings. The first-order valence-corrected chi connectivity index (χ1v) is 5.97. The van der Waals surface area contributed by atoms with Crippen LogP contribution in [-0.2, 0) is 4.79 Å². The Morgan fingerprint density at radius 1 is 1.47 bits per heavy atom. The minimum absolute atomic E-state index is 0.0422. The summed E-state index contributed by atoms with van der Waals surface area (Å²) in [5.41, 5.74) is 5.97. The molecule has 0 aromatic heterocycles. The van der Waals surface area contributed by atoms with Crippen LogP contribution in [0.2, 0.25) is 0 Å². The quantitative estimate of drug-likeness (QED) is 0.764. The van der Waals surface area contributed by atoms with Crippen LogP contribution in [-0.4, -0.2) is 29.4 Å². The average molecular weight is 210 g/mol. The van der Waals surface area contributed by atoms with Gasteiger partial charge in [-0.05, 0) is 25.2 Å². The van der Waals surface area contributed by atoms with Crippen LogP contribution in [0, 0.1) is 11.3 Å². The van der Waals surface area contributed by atoms with Gasteiger partial charge in [0.15, 0.2) is 0 Å². The maximum absolute atomic E-state index is 12.1. The number of carbonyl (C=O) groups is 1. The molecule has 0 radical (unpaired) electrons. The molecular formula is C12H22N2O. The third-order valence-electron chi connectivity index (χ3n) is 4.11. The summed E-state index contributed by atoms with van der Waals surface area (Å²) >= 11 is 0. The fourth-order valence-corrected chi connectivity index (χ4v) is 2.30. The van der Waals surface area contributed by atoms with Crippen molar-refractivity contribution in [3.05, 3.63) is 0 Å². The molecule has 0 atom stereocenters. The van der Waals surface area contributed by atoms with Gasteiger partial charge in [0, 0.05) is 18.5 Å². The fourth-order valence-electron chi connectivity index (χ4n) is 2.30. The minimum atomic E-state index is -0.217. The highest BCUT2D eigenvalue weighted by atomic mass is 16.2. The lowest BCUT2D eigenvalue weighted by molar-refractivity contribution is -0.149. The topological polar surface area (TPSA) is 46.3 Å². The summed E-state index contributed by atoms with van der Waals surface area (Å²) in [7, 11) is 0. The predicted molar refractivity (Wildman–Crippen MR) is 60.3 cm³/mol. The van der Waals surface area contributed by atoms with E-state index >= 15 is 0 Å². The van der Waals surface area contributed by atoms with Crippen LogP contribution in [0.1, 0.15) is 40.0 Å². The summed E-state index contributed by atoms with van der Waals surface area (Å²) in [6.45, 7) is 7.65. The van der Waals surface area contributed by atoms with Crippen LogP contribution >= 0.6 is 0 Å². The van der Waals surface area contributed by atoms with E-state index in [-0.39, 0.29) is 16.9 Å². The highest BCUT2D eigenvalue weighted by Crippen LogP contribution is 2.43. The molecule has 2 N–H and O–H groups in total. The standard InChI is InChI=1S/C12H22N2O/c1-4-11(2,3)10(15)14-7-12(13,8-14)9-5-6-9/h9H,4-8,13H2,1-3H3. The minimum Gasteiger partial charge on any atom is -0.338 e. The lowest BCUT2D eigenvalue weighted by Crippen LogP contribution is -2.71. The monoisotopic (exact) mass is 210 g/mol. The second kappa shape index (κ2) is 3.21. The summed E-state index contributed by atoms with van der Waals surface area (Å²) in [6, 6.07) is 0. The van der Waals surface area contributed by atoms with Crippen molar-refractivity contribution in [2.75, 3.05) is 13.1 Å². The second-order valence-corrected chi connectivity index (χ2v) is 5.91. The van der Waals surface area contributed by atoms with Crippen LogP contribution in [0.3, 0.4) is 0 Å². The molecule has 2 fully saturated rings. The Bertz CT molecular complexity index is 275. The zero-order valence-corrected chi connectivity index (χ0v) is 10.0. The van der Waals surface area contributed by atoms with Crippen molar-refractivity contribution < 1.29 is 4.79 Å². The number of nitrogens with zero attached hydrogens (tertiary/aromatic N) is 1. The van der Waals surface area contributed by atoms with Crippen molar-refractivity contribution in [2.24, 2.45) is 17.1 Å². The normalized spacial score (nSPS) is 24.9. The van der Waals surface area contributed by atoms with Crippen molar-refractivity contribution in [1.82, 2.24) is 4.90 Å². The van der Waals surface area contributed by atoms with Crippen LogP contribution < -0.4 is 5.73 Å². The first-order valence-electron chi connectivity index (χ1n) is 5.97. The molecule has 3 heteroatoms. The fraction of sp³-hybridized carbons (Fsp3) is 0.917. The summed E-state index contributed by atoms with van der Waals surface area (Å²) in [4.78, 5) is 14.0. The van der Waals surface area contributed by atoms with E-state index in [9.17, 15) is 4.79 Å². The summed E-state index contributed by atoms with van der Waals surface area (Å²) in [6.07, 6.45) is 3.41. The summed E-state index contributed by atoms with van der Waals surface area (Å²) < 4.78 is 0. The number of carbonyl (C=O) groups excluding carboxylic acids is 1. The smallest absolute Gasteiger partial charge is 0.228 e. The summed E-state index contributed by atoms with van der Waals surface area (Å²) in [5, 5.41) is 0. The Labute approximate surface area is 92.0 Å². The van der Waals surface area contributed by atoms with Crippen molar-refractivity contribution in [3.8, 4) is 0 Å². The van der Waals surface area contributed by atoms with Crippen molar-refractivity contribution >= 4 is 5.91 Å². The third kappa shape index (κ3) is 1.78. The molecule has 1 heterocycles. The van der Waals surface area contributed by atoms with Crippen molar-refractivity contribution in [1.29, 1.82) is 0 Å². The zero-order valence-electron chi connectivity index (χ0n) is 10.0. The molecule has 0 bridgehead atoms. The Morgan fingerprint density at radius 3 is 2.40 bits per heavy atom. The molecule has 3 nitrogen and oxygen atoms in total. The average Bonchev–Trinajstić information content (AvgIpc) is 2.94. The SMILES string of the molecule is CCC(C)(C)C(=O)N1CC(N)(C2CC2)C1. The van der Waals surface area contributed by atoms with E-state index in [1.54, 1.807) is 0 Å². The molecule has 1 saturated heterocycles. The Kier molecular flexibility index (Phi) is 2.34. The Balaban J connectivity index is 1.91. The number of amides is 1. The predicted octanol–water partition coefficient (Wildman–Crippen LogP) is 1.37. The highest BCUT2D eigenvalue weighted by Gasteiger charge is 2.52. The van der Waals surface area contributed by atoms with Gasteiger partial charge in [-0.15, -0.1) is 0 Å². The number of nitrogens with two attached hydrogens (primary N) is 1. The number of likely N-dealkylation sites (tertiary alicyclic amines) is 1. The largest absolute Gasteiger partial charge is 0.338 e. The van der Waals surface area contributed by atoms with E-state index in [4.69, 9.17) is 5.73 Å². The molecule has 0 unspecified atom stereocenters. The first kappa shape index (κ1) is 10.9. The van der Waals surface area contributed by atoms with Crippen LogP contribution in [0.25, 0.3) is 0 Å². The third-order valence-corrected chi connectivity index (χ3v) is 4.11. The van der Waals surface area contributed by atoms with Gasteiger partial charge in [0.2, 0.25) is 5.91 Å². The molecule has 15 heavy (non-hydrogen) atoms. The van der Waals surface area contributed by atoms with Gasteiger partial charge in [-0.3, -0.25) is 4.79 Å². The molecule has 1 saturated carbocycles. The molecule has 1 aliphatic heterocycles. The molecule has 1 aliphatic carbocycles. The van der Waals surface area contributed by atoms with E-state index in [0.29, 0.717) is 5.92 Å². The molecular weight excluding hydrogens is 188 g/mol. The van der Waals surface area contributed by atoms with E-state index in [0.717, 1.165) is 19.5 Å². The van der Waals surface area contributed by atoms with Gasteiger partial charge in [-0.1, -0.05) is 20.8 Å². The lowest BCUT2D eigenvalue weighted by Gasteiger charge is -2.50. The van der Waals surface area contributed by atoms with Gasteiger partial charge in [0.05, 0.1) is 5.54 Å². The van der Waals surface area contributed by atoms with Crippen LogP contribution in [0.15, 0.2) is 0 Å². The number of hydrogen-bond acceptors (Lipinski definition) is 2. The van der Waals surface area contributed by atoms with E-state index in [1.165, 1.54) is 12.8 Å². The van der Waals surface area contributed by atoms with Gasteiger partial charge in [-0.2, -0.15) is 0 Å². The molecule has 0 aromatic rings. The Morgan fingerprint density at radius 2 is 2.00 bits per heavy atom. The second-order valence-electron chi connectivity index (χ2n) is 5.91. The van der Waals surface area contributed by atoms with Gasteiger partial charge in [0.1, 0.15) is 0 Å². The number of rotatable bonds is 3. The summed E-state index contributed by atoms with van der Waals surface area (Å²) in [5.74, 6) is 0.956. The number of hydrogen-bond donors (Lipinski definition) is 1. The molecule has 1 amide bonds. The molecule has 86 valence electrons. The van der Waals surface area contributed by atoms with Crippen LogP contribution in [0.4, 0.5) is 0 Å². The van der Waals surface area contributed by atoms with Crippen molar-refractivity contribution in [2.45, 2.75) is 45.6 Å². The van der Waals surface area contributed by atoms with E-state index in [1.807, 2.05) is 18.7 Å². The highest BCUT2D eigenvalue weighted by molar-refractivity contribution is 5.83. The van der Waals surface area contributed by atoms with Gasteiger partial charge >= 0.3 is 0 Å². The van der Waals surface area contributed by atoms with Crippen LogP contribution in [0.5, 0.6) is 0 Å². The Hall–Kier alpha value is -0.570. The molecule has 0 spiro atoms. The molecule has 2 rings (SSSR count). The molecule has 0 aromatic carbocycles. The van der Waals surface area contributed by atoms with Gasteiger partial charge < -0.3 is 10.6 Å². The lowest BCUT2D eigenvalue weighted by atomic mass is 9.81. The maximum Gasteiger partial charge on any atom is 0.228 e.